The first kappa shape index (κ1) is 10.9. The monoisotopic (exact) mass is 215 g/mol. The van der Waals surface area contributed by atoms with Gasteiger partial charge in [-0.3, -0.25) is 4.98 Å². The topological polar surface area (TPSA) is 29.9 Å². The van der Waals surface area contributed by atoms with Crippen molar-refractivity contribution in [1.29, 1.82) is 0 Å². The van der Waals surface area contributed by atoms with E-state index in [1.54, 1.807) is 0 Å². The number of hydrogen-bond acceptors (Lipinski definition) is 2. The van der Waals surface area contributed by atoms with Gasteiger partial charge in [0.1, 0.15) is 0 Å². The molecule has 0 bridgehead atoms. The van der Waals surface area contributed by atoms with Crippen LogP contribution < -0.4 is 5.32 Å². The summed E-state index contributed by atoms with van der Waals surface area (Å²) in [5, 5.41) is 3.17. The summed E-state index contributed by atoms with van der Waals surface area (Å²) in [5.41, 5.74) is 2.46. The van der Waals surface area contributed by atoms with Crippen LogP contribution in [-0.4, -0.2) is 16.6 Å². The summed E-state index contributed by atoms with van der Waals surface area (Å²) in [6.07, 6.45) is 4.95. The van der Waals surface area contributed by atoms with Crippen LogP contribution in [0.1, 0.15) is 11.4 Å². The van der Waals surface area contributed by atoms with Crippen LogP contribution >= 0.6 is 0 Å². The second-order valence-electron chi connectivity index (χ2n) is 3.79. The zero-order valence-electron chi connectivity index (χ0n) is 9.56. The van der Waals surface area contributed by atoms with E-state index < -0.39 is 0 Å². The fourth-order valence-corrected chi connectivity index (χ4v) is 1.79. The summed E-state index contributed by atoms with van der Waals surface area (Å²) in [4.78, 5) is 4.32. The minimum Gasteiger partial charge on any atom is -0.350 e. The maximum Gasteiger partial charge on any atom is 0.0421 e. The van der Waals surface area contributed by atoms with E-state index in [0.29, 0.717) is 0 Å². The van der Waals surface area contributed by atoms with Crippen molar-refractivity contribution in [1.82, 2.24) is 14.9 Å². The standard InChI is InChI=1S/C13H17N3/c1-14-11-13-6-4-9-16(13)10-7-12-5-2-3-8-15-12/h2-6,8-9,14H,7,10-11H2,1H3. The highest BCUT2D eigenvalue weighted by Gasteiger charge is 2.00. The molecule has 2 rings (SSSR count). The van der Waals surface area contributed by atoms with Crippen molar-refractivity contribution in [2.75, 3.05) is 7.05 Å². The molecule has 3 heteroatoms. The van der Waals surface area contributed by atoms with Gasteiger partial charge in [0.25, 0.3) is 0 Å². The van der Waals surface area contributed by atoms with Gasteiger partial charge in [0, 0.05) is 43.3 Å². The minimum atomic E-state index is 0.912. The number of aromatic nitrogens is 2. The first-order valence-corrected chi connectivity index (χ1v) is 5.58. The van der Waals surface area contributed by atoms with Gasteiger partial charge in [-0.1, -0.05) is 6.07 Å². The van der Waals surface area contributed by atoms with Gasteiger partial charge in [-0.25, -0.2) is 0 Å². The van der Waals surface area contributed by atoms with E-state index in [-0.39, 0.29) is 0 Å². The highest BCUT2D eigenvalue weighted by molar-refractivity contribution is 5.08. The molecule has 0 atom stereocenters. The van der Waals surface area contributed by atoms with Crippen molar-refractivity contribution < 1.29 is 0 Å². The van der Waals surface area contributed by atoms with Crippen molar-refractivity contribution in [2.45, 2.75) is 19.5 Å². The van der Waals surface area contributed by atoms with Crippen LogP contribution in [0, 0.1) is 0 Å². The number of pyridine rings is 1. The molecule has 0 radical (unpaired) electrons. The van der Waals surface area contributed by atoms with Crippen molar-refractivity contribution in [3.8, 4) is 0 Å². The average molecular weight is 215 g/mol. The van der Waals surface area contributed by atoms with Crippen molar-refractivity contribution in [3.63, 3.8) is 0 Å². The Kier molecular flexibility index (Phi) is 3.72. The molecule has 2 heterocycles. The van der Waals surface area contributed by atoms with Crippen molar-refractivity contribution in [3.05, 3.63) is 54.1 Å². The van der Waals surface area contributed by atoms with E-state index in [1.165, 1.54) is 5.69 Å². The largest absolute Gasteiger partial charge is 0.350 e. The van der Waals surface area contributed by atoms with Crippen molar-refractivity contribution in [2.24, 2.45) is 0 Å². The quantitative estimate of drug-likeness (QED) is 0.825. The van der Waals surface area contributed by atoms with Crippen LogP contribution in [0.5, 0.6) is 0 Å². The van der Waals surface area contributed by atoms with Gasteiger partial charge >= 0.3 is 0 Å². The van der Waals surface area contributed by atoms with Crippen LogP contribution in [0.15, 0.2) is 42.7 Å². The molecule has 0 amide bonds. The molecule has 0 aromatic carbocycles. The molecule has 0 aliphatic carbocycles. The number of nitrogens with zero attached hydrogens (tertiary/aromatic N) is 2. The molecule has 0 aliphatic rings. The number of nitrogens with one attached hydrogen (secondary N) is 1. The maximum atomic E-state index is 4.32. The SMILES string of the molecule is CNCc1cccn1CCc1ccccn1. The molecule has 0 aliphatic heterocycles. The lowest BCUT2D eigenvalue weighted by Gasteiger charge is -2.08. The third-order valence-corrected chi connectivity index (χ3v) is 2.62. The maximum absolute atomic E-state index is 4.32. The van der Waals surface area contributed by atoms with E-state index in [4.69, 9.17) is 0 Å². The van der Waals surface area contributed by atoms with Gasteiger partial charge in [0.2, 0.25) is 0 Å². The molecule has 0 unspecified atom stereocenters. The highest BCUT2D eigenvalue weighted by Crippen LogP contribution is 2.04. The van der Waals surface area contributed by atoms with Crippen LogP contribution in [0.25, 0.3) is 0 Å². The van der Waals surface area contributed by atoms with Crippen LogP contribution in [0.3, 0.4) is 0 Å². The molecule has 0 saturated heterocycles. The lowest BCUT2D eigenvalue weighted by atomic mass is 10.2. The van der Waals surface area contributed by atoms with Crippen LogP contribution in [0.4, 0.5) is 0 Å². The third-order valence-electron chi connectivity index (χ3n) is 2.62. The van der Waals surface area contributed by atoms with E-state index >= 15 is 0 Å². The molecule has 2 aromatic rings. The summed E-state index contributed by atoms with van der Waals surface area (Å²) < 4.78 is 2.27. The Balaban J connectivity index is 1.97. The summed E-state index contributed by atoms with van der Waals surface area (Å²) >= 11 is 0. The predicted octanol–water partition coefficient (Wildman–Crippen LogP) is 1.85. The molecule has 0 spiro atoms. The van der Waals surface area contributed by atoms with E-state index in [1.807, 2.05) is 25.4 Å². The smallest absolute Gasteiger partial charge is 0.0421 e. The molecule has 16 heavy (non-hydrogen) atoms. The van der Waals surface area contributed by atoms with E-state index in [2.05, 4.69) is 39.3 Å². The first-order valence-electron chi connectivity index (χ1n) is 5.58. The van der Waals surface area contributed by atoms with E-state index in [0.717, 1.165) is 25.2 Å². The summed E-state index contributed by atoms with van der Waals surface area (Å²) in [6.45, 7) is 1.90. The molecule has 1 N–H and O–H groups in total. The Labute approximate surface area is 96.1 Å². The molecular weight excluding hydrogens is 198 g/mol. The van der Waals surface area contributed by atoms with Gasteiger partial charge in [0.05, 0.1) is 0 Å². The molecule has 2 aromatic heterocycles. The van der Waals surface area contributed by atoms with Gasteiger partial charge in [-0.05, 0) is 31.3 Å². The number of aryl methyl sites for hydroxylation is 2. The van der Waals surface area contributed by atoms with Gasteiger partial charge in [-0.15, -0.1) is 0 Å². The fourth-order valence-electron chi connectivity index (χ4n) is 1.79. The predicted molar refractivity (Wildman–Crippen MR) is 65.1 cm³/mol. The second kappa shape index (κ2) is 5.47. The van der Waals surface area contributed by atoms with Gasteiger partial charge in [0.15, 0.2) is 0 Å². The zero-order valence-corrected chi connectivity index (χ0v) is 9.56. The molecule has 84 valence electrons. The Morgan fingerprint density at radius 3 is 2.94 bits per heavy atom. The normalized spacial score (nSPS) is 10.6. The molecule has 3 nitrogen and oxygen atoms in total. The summed E-state index contributed by atoms with van der Waals surface area (Å²) in [5.74, 6) is 0. The van der Waals surface area contributed by atoms with Gasteiger partial charge < -0.3 is 9.88 Å². The lowest BCUT2D eigenvalue weighted by Crippen LogP contribution is -2.12. The van der Waals surface area contributed by atoms with Crippen molar-refractivity contribution >= 4 is 0 Å². The zero-order chi connectivity index (χ0) is 11.2. The first-order chi connectivity index (χ1) is 7.90. The number of hydrogen-bond donors (Lipinski definition) is 1. The van der Waals surface area contributed by atoms with Crippen LogP contribution in [0.2, 0.25) is 0 Å². The lowest BCUT2D eigenvalue weighted by molar-refractivity contribution is 0.633. The third kappa shape index (κ3) is 2.70. The van der Waals surface area contributed by atoms with Gasteiger partial charge in [-0.2, -0.15) is 0 Å². The Morgan fingerprint density at radius 2 is 2.19 bits per heavy atom. The molecular formula is C13H17N3. The summed E-state index contributed by atoms with van der Waals surface area (Å²) in [6, 6.07) is 10.3. The Morgan fingerprint density at radius 1 is 1.25 bits per heavy atom. The summed E-state index contributed by atoms with van der Waals surface area (Å²) in [7, 11) is 1.97. The second-order valence-corrected chi connectivity index (χ2v) is 3.79. The minimum absolute atomic E-state index is 0.912. The molecule has 0 saturated carbocycles. The Hall–Kier alpha value is -1.61. The van der Waals surface area contributed by atoms with E-state index in [9.17, 15) is 0 Å². The highest BCUT2D eigenvalue weighted by atomic mass is 15.0. The fraction of sp³-hybridized carbons (Fsp3) is 0.308. The number of rotatable bonds is 5. The average Bonchev–Trinajstić information content (AvgIpc) is 2.76. The van der Waals surface area contributed by atoms with Crippen LogP contribution in [-0.2, 0) is 19.5 Å². The Bertz CT molecular complexity index is 420. The molecule has 0 fully saturated rings.